The molecule has 0 bridgehead atoms. The van der Waals surface area contributed by atoms with E-state index < -0.39 is 12.0 Å². The van der Waals surface area contributed by atoms with Crippen LogP contribution >= 0.6 is 0 Å². The number of halogens is 3. The highest BCUT2D eigenvalue weighted by atomic mass is 19.4. The Morgan fingerprint density at radius 2 is 1.88 bits per heavy atom. The molecule has 3 aromatic rings. The topological polar surface area (TPSA) is 46.9 Å². The molecule has 0 atom stereocenters. The molecule has 0 aliphatic rings. The second-order valence-electron chi connectivity index (χ2n) is 5.39. The molecule has 0 saturated carbocycles. The van der Waals surface area contributed by atoms with Crippen molar-refractivity contribution < 1.29 is 18.0 Å². The average Bonchev–Trinajstić information content (AvgIpc) is 2.86. The van der Waals surface area contributed by atoms with Crippen LogP contribution in [-0.2, 0) is 17.5 Å². The first kappa shape index (κ1) is 16.0. The minimum absolute atomic E-state index is 0.0612. The maximum atomic E-state index is 13.3. The predicted molar refractivity (Wildman–Crippen MR) is 84.6 cm³/mol. The van der Waals surface area contributed by atoms with Crippen molar-refractivity contribution in [2.24, 2.45) is 0 Å². The highest BCUT2D eigenvalue weighted by Crippen LogP contribution is 2.32. The molecule has 1 heterocycles. The summed E-state index contributed by atoms with van der Waals surface area (Å²) in [6.07, 6.45) is -4.57. The van der Waals surface area contributed by atoms with Crippen LogP contribution < -0.4 is 5.32 Å². The highest BCUT2D eigenvalue weighted by molar-refractivity contribution is 5.91. The van der Waals surface area contributed by atoms with Crippen molar-refractivity contribution in [1.82, 2.24) is 9.55 Å². The molecule has 24 heavy (non-hydrogen) atoms. The predicted octanol–water partition coefficient (Wildman–Crippen LogP) is 4.06. The summed E-state index contributed by atoms with van der Waals surface area (Å²) in [6, 6.07) is 13.4. The third kappa shape index (κ3) is 3.24. The van der Waals surface area contributed by atoms with Crippen LogP contribution in [0.3, 0.4) is 0 Å². The van der Waals surface area contributed by atoms with Gasteiger partial charge >= 0.3 is 6.18 Å². The van der Waals surface area contributed by atoms with Gasteiger partial charge in [0.05, 0.1) is 11.0 Å². The summed E-state index contributed by atoms with van der Waals surface area (Å²) in [5.41, 5.74) is 1.70. The first-order valence-corrected chi connectivity index (χ1v) is 7.23. The van der Waals surface area contributed by atoms with Gasteiger partial charge in [0, 0.05) is 19.2 Å². The van der Waals surface area contributed by atoms with E-state index in [-0.39, 0.29) is 18.0 Å². The molecule has 7 heteroatoms. The van der Waals surface area contributed by atoms with Crippen molar-refractivity contribution in [2.75, 3.05) is 5.32 Å². The first-order valence-electron chi connectivity index (χ1n) is 7.23. The van der Waals surface area contributed by atoms with Crippen LogP contribution in [0.2, 0.25) is 0 Å². The fraction of sp³-hybridized carbons (Fsp3) is 0.176. The summed E-state index contributed by atoms with van der Waals surface area (Å²) in [6.45, 7) is 1.39. The largest absolute Gasteiger partial charge is 0.449 e. The van der Waals surface area contributed by atoms with Gasteiger partial charge in [0.25, 0.3) is 0 Å². The van der Waals surface area contributed by atoms with Crippen LogP contribution in [0.15, 0.2) is 48.5 Å². The van der Waals surface area contributed by atoms with Gasteiger partial charge in [-0.15, -0.1) is 0 Å². The maximum absolute atomic E-state index is 13.3. The third-order valence-corrected chi connectivity index (χ3v) is 3.51. The quantitative estimate of drug-likeness (QED) is 0.786. The lowest BCUT2D eigenvalue weighted by atomic mass is 10.2. The number of amides is 1. The number of imidazole rings is 1. The molecule has 0 spiro atoms. The normalized spacial score (nSPS) is 11.7. The van der Waals surface area contributed by atoms with Crippen LogP contribution in [0.5, 0.6) is 0 Å². The molecule has 1 N–H and O–H groups in total. The van der Waals surface area contributed by atoms with Crippen LogP contribution in [0, 0.1) is 0 Å². The molecular formula is C17H14F3N3O. The van der Waals surface area contributed by atoms with Crippen LogP contribution in [0.4, 0.5) is 18.9 Å². The number of rotatable bonds is 3. The van der Waals surface area contributed by atoms with Gasteiger partial charge in [0.1, 0.15) is 0 Å². The van der Waals surface area contributed by atoms with Crippen LogP contribution in [0.25, 0.3) is 11.0 Å². The van der Waals surface area contributed by atoms with E-state index in [0.717, 1.165) is 10.1 Å². The van der Waals surface area contributed by atoms with Gasteiger partial charge in [-0.2, -0.15) is 13.2 Å². The Bertz CT molecular complexity index is 885. The Labute approximate surface area is 135 Å². The number of nitrogens with zero attached hydrogens (tertiary/aromatic N) is 2. The minimum Gasteiger partial charge on any atom is -0.326 e. The van der Waals surface area contributed by atoms with Crippen LogP contribution in [0.1, 0.15) is 18.3 Å². The number of fused-ring (bicyclic) bond motifs is 1. The number of carbonyl (C=O) groups excluding carboxylic acids is 1. The maximum Gasteiger partial charge on any atom is 0.449 e. The molecule has 3 rings (SSSR count). The molecule has 0 unspecified atom stereocenters. The Morgan fingerprint density at radius 1 is 1.17 bits per heavy atom. The molecule has 0 aliphatic heterocycles. The Balaban J connectivity index is 2.12. The third-order valence-electron chi connectivity index (χ3n) is 3.51. The van der Waals surface area contributed by atoms with E-state index in [1.165, 1.54) is 19.1 Å². The van der Waals surface area contributed by atoms with E-state index in [4.69, 9.17) is 0 Å². The van der Waals surface area contributed by atoms with Gasteiger partial charge < -0.3 is 9.88 Å². The molecule has 0 saturated heterocycles. The summed E-state index contributed by atoms with van der Waals surface area (Å²) in [5.74, 6) is -1.25. The van der Waals surface area contributed by atoms with Gasteiger partial charge in [-0.3, -0.25) is 4.79 Å². The zero-order chi connectivity index (χ0) is 17.3. The van der Waals surface area contributed by atoms with E-state index in [1.54, 1.807) is 36.4 Å². The molecule has 124 valence electrons. The zero-order valence-electron chi connectivity index (χ0n) is 12.8. The second-order valence-corrected chi connectivity index (χ2v) is 5.39. The lowest BCUT2D eigenvalue weighted by Crippen LogP contribution is -2.15. The minimum atomic E-state index is -4.57. The smallest absolute Gasteiger partial charge is 0.326 e. The van der Waals surface area contributed by atoms with Gasteiger partial charge in [0.15, 0.2) is 0 Å². The van der Waals surface area contributed by atoms with Crippen molar-refractivity contribution in [2.45, 2.75) is 19.6 Å². The molecule has 0 fully saturated rings. The van der Waals surface area contributed by atoms with E-state index in [9.17, 15) is 18.0 Å². The van der Waals surface area contributed by atoms with Crippen molar-refractivity contribution in [3.63, 3.8) is 0 Å². The van der Waals surface area contributed by atoms with Gasteiger partial charge in [0.2, 0.25) is 11.7 Å². The Hall–Kier alpha value is -2.83. The second kappa shape index (κ2) is 5.99. The standard InChI is InChI=1S/C17H14F3N3O/c1-11(24)21-13-7-8-15-14(9-13)22-16(17(18,19)20)23(15)10-12-5-3-2-4-6-12/h2-9H,10H2,1H3,(H,21,24). The van der Waals surface area contributed by atoms with Crippen molar-refractivity contribution in [3.8, 4) is 0 Å². The summed E-state index contributed by atoms with van der Waals surface area (Å²) in [5, 5.41) is 2.54. The van der Waals surface area contributed by atoms with E-state index >= 15 is 0 Å². The number of alkyl halides is 3. The number of hydrogen-bond acceptors (Lipinski definition) is 2. The summed E-state index contributed by atoms with van der Waals surface area (Å²) >= 11 is 0. The average molecular weight is 333 g/mol. The summed E-state index contributed by atoms with van der Waals surface area (Å²) in [7, 11) is 0. The number of nitrogens with one attached hydrogen (secondary N) is 1. The molecule has 4 nitrogen and oxygen atoms in total. The fourth-order valence-corrected chi connectivity index (χ4v) is 2.55. The highest BCUT2D eigenvalue weighted by Gasteiger charge is 2.37. The van der Waals surface area contributed by atoms with Gasteiger partial charge in [-0.25, -0.2) is 4.98 Å². The molecule has 0 aliphatic carbocycles. The summed E-state index contributed by atoms with van der Waals surface area (Å²) in [4.78, 5) is 14.8. The molecule has 0 radical (unpaired) electrons. The summed E-state index contributed by atoms with van der Waals surface area (Å²) < 4.78 is 41.2. The van der Waals surface area contributed by atoms with E-state index in [2.05, 4.69) is 10.3 Å². The number of carbonyl (C=O) groups is 1. The van der Waals surface area contributed by atoms with Crippen molar-refractivity contribution >= 4 is 22.6 Å². The van der Waals surface area contributed by atoms with E-state index in [0.29, 0.717) is 11.2 Å². The Kier molecular flexibility index (Phi) is 4.01. The van der Waals surface area contributed by atoms with Gasteiger partial charge in [-0.05, 0) is 23.8 Å². The number of anilines is 1. The lowest BCUT2D eigenvalue weighted by molar-refractivity contribution is -0.146. The fourth-order valence-electron chi connectivity index (χ4n) is 2.55. The van der Waals surface area contributed by atoms with Crippen molar-refractivity contribution in [1.29, 1.82) is 0 Å². The Morgan fingerprint density at radius 3 is 2.50 bits per heavy atom. The van der Waals surface area contributed by atoms with E-state index in [1.807, 2.05) is 0 Å². The molecule has 1 amide bonds. The number of benzene rings is 2. The van der Waals surface area contributed by atoms with Crippen molar-refractivity contribution in [3.05, 3.63) is 59.9 Å². The molecule has 1 aromatic heterocycles. The number of hydrogen-bond donors (Lipinski definition) is 1. The molecule has 2 aromatic carbocycles. The number of aromatic nitrogens is 2. The van der Waals surface area contributed by atoms with Crippen LogP contribution in [-0.4, -0.2) is 15.5 Å². The first-order chi connectivity index (χ1) is 11.3. The SMILES string of the molecule is CC(=O)Nc1ccc2c(c1)nc(C(F)(F)F)n2Cc1ccccc1. The zero-order valence-corrected chi connectivity index (χ0v) is 12.8. The van der Waals surface area contributed by atoms with Gasteiger partial charge in [-0.1, -0.05) is 30.3 Å². The lowest BCUT2D eigenvalue weighted by Gasteiger charge is -2.11. The molecular weight excluding hydrogens is 319 g/mol. The monoisotopic (exact) mass is 333 g/mol.